The SMILES string of the molecule is ONC(=Nc1ccccc1Cl)c1nonc1[As]. The first-order valence-corrected chi connectivity index (χ1v) is 5.79. The molecule has 17 heavy (non-hydrogen) atoms. The molecule has 6 nitrogen and oxygen atoms in total. The summed E-state index contributed by atoms with van der Waals surface area (Å²) in [5, 5.41) is 16.7. The maximum absolute atomic E-state index is 9.03. The van der Waals surface area contributed by atoms with E-state index in [2.05, 4.69) is 36.8 Å². The number of rotatable bonds is 2. The molecule has 0 aliphatic rings. The van der Waals surface area contributed by atoms with Gasteiger partial charge in [0.2, 0.25) is 0 Å². The molecule has 8 heteroatoms. The predicted molar refractivity (Wildman–Crippen MR) is 62.3 cm³/mol. The number of halogens is 1. The van der Waals surface area contributed by atoms with Gasteiger partial charge < -0.3 is 0 Å². The van der Waals surface area contributed by atoms with Crippen LogP contribution in [0.15, 0.2) is 33.9 Å². The summed E-state index contributed by atoms with van der Waals surface area (Å²) in [7, 11) is 0. The number of hydrogen-bond donors (Lipinski definition) is 2. The minimum atomic E-state index is 0.106. The zero-order valence-electron chi connectivity index (χ0n) is 8.33. The fourth-order valence-electron chi connectivity index (χ4n) is 1.13. The normalized spacial score (nSPS) is 11.6. The van der Waals surface area contributed by atoms with E-state index in [0.717, 1.165) is 0 Å². The topological polar surface area (TPSA) is 83.5 Å². The van der Waals surface area contributed by atoms with Gasteiger partial charge in [-0.3, -0.25) is 0 Å². The molecule has 1 heterocycles. The van der Waals surface area contributed by atoms with E-state index in [1.165, 1.54) is 0 Å². The molecule has 0 fully saturated rings. The van der Waals surface area contributed by atoms with Gasteiger partial charge in [-0.15, -0.1) is 0 Å². The van der Waals surface area contributed by atoms with Crippen LogP contribution in [0.4, 0.5) is 5.69 Å². The van der Waals surface area contributed by atoms with Crippen molar-refractivity contribution in [2.75, 3.05) is 0 Å². The molecule has 0 saturated carbocycles. The molecule has 0 saturated heterocycles. The van der Waals surface area contributed by atoms with Crippen LogP contribution in [-0.2, 0) is 0 Å². The van der Waals surface area contributed by atoms with Gasteiger partial charge in [0.15, 0.2) is 0 Å². The number of aromatic nitrogens is 2. The molecule has 2 rings (SSSR count). The first-order valence-electron chi connectivity index (χ1n) is 4.47. The third kappa shape index (κ3) is 2.66. The van der Waals surface area contributed by atoms with Crippen molar-refractivity contribution in [1.29, 1.82) is 0 Å². The molecule has 0 aliphatic carbocycles. The molecule has 0 aliphatic heterocycles. The summed E-state index contributed by atoms with van der Waals surface area (Å²) in [6.45, 7) is 0. The monoisotopic (exact) mass is 312 g/mol. The Morgan fingerprint density at radius 3 is 2.76 bits per heavy atom. The van der Waals surface area contributed by atoms with Crippen LogP contribution in [0.3, 0.4) is 0 Å². The van der Waals surface area contributed by atoms with Gasteiger partial charge in [0.25, 0.3) is 0 Å². The van der Waals surface area contributed by atoms with E-state index in [1.807, 2.05) is 5.48 Å². The minimum absolute atomic E-state index is 0.106. The van der Waals surface area contributed by atoms with Crippen molar-refractivity contribution >= 4 is 44.5 Å². The zero-order valence-corrected chi connectivity index (χ0v) is 11.0. The van der Waals surface area contributed by atoms with Crippen molar-refractivity contribution in [3.63, 3.8) is 0 Å². The van der Waals surface area contributed by atoms with Gasteiger partial charge in [-0.2, -0.15) is 0 Å². The van der Waals surface area contributed by atoms with Crippen molar-refractivity contribution in [2.24, 2.45) is 4.99 Å². The standard InChI is InChI=1S/C9H6AsClN4O2/c10-8-7(14-17-15-8)9(13-16)12-6-4-2-1-3-5(6)11/h1-4,16H,(H,12,13). The third-order valence-corrected chi connectivity index (χ3v) is 2.82. The van der Waals surface area contributed by atoms with Crippen LogP contribution in [0.25, 0.3) is 0 Å². The molecule has 86 valence electrons. The van der Waals surface area contributed by atoms with Crippen molar-refractivity contribution in [3.05, 3.63) is 35.0 Å². The number of nitrogens with one attached hydrogen (secondary N) is 1. The fraction of sp³-hybridized carbons (Fsp3) is 0. The zero-order chi connectivity index (χ0) is 12.3. The quantitative estimate of drug-likeness (QED) is 0.367. The molecule has 0 unspecified atom stereocenters. The second-order valence-corrected chi connectivity index (χ2v) is 4.26. The number of para-hydroxylation sites is 1. The third-order valence-electron chi connectivity index (χ3n) is 1.89. The molecule has 2 aromatic rings. The van der Waals surface area contributed by atoms with Crippen LogP contribution < -0.4 is 9.96 Å². The Hall–Kier alpha value is -1.36. The Balaban J connectivity index is 2.44. The van der Waals surface area contributed by atoms with E-state index >= 15 is 0 Å². The number of hydrogen-bond acceptors (Lipinski definition) is 5. The van der Waals surface area contributed by atoms with E-state index in [1.54, 1.807) is 24.3 Å². The van der Waals surface area contributed by atoms with E-state index < -0.39 is 0 Å². The molecule has 0 atom stereocenters. The second kappa shape index (κ2) is 5.31. The Morgan fingerprint density at radius 1 is 1.41 bits per heavy atom. The van der Waals surface area contributed by atoms with Crippen LogP contribution in [-0.4, -0.2) is 38.2 Å². The number of nitrogens with zero attached hydrogens (tertiary/aromatic N) is 3. The van der Waals surface area contributed by atoms with Crippen LogP contribution in [0.5, 0.6) is 0 Å². The van der Waals surface area contributed by atoms with Gasteiger partial charge in [0, 0.05) is 0 Å². The van der Waals surface area contributed by atoms with Crippen LogP contribution in [0.1, 0.15) is 5.69 Å². The van der Waals surface area contributed by atoms with Crippen LogP contribution in [0.2, 0.25) is 5.02 Å². The van der Waals surface area contributed by atoms with Crippen molar-refractivity contribution < 1.29 is 9.84 Å². The van der Waals surface area contributed by atoms with Crippen molar-refractivity contribution in [3.8, 4) is 0 Å². The first kappa shape index (κ1) is 12.1. The van der Waals surface area contributed by atoms with Gasteiger partial charge >= 0.3 is 110 Å². The number of amidine groups is 1. The number of benzene rings is 1. The average molecular weight is 313 g/mol. The Bertz CT molecular complexity index is 557. The van der Waals surface area contributed by atoms with Crippen molar-refractivity contribution in [2.45, 2.75) is 0 Å². The van der Waals surface area contributed by atoms with Crippen LogP contribution in [0, 0.1) is 0 Å². The number of aliphatic imine (C=N–C) groups is 1. The van der Waals surface area contributed by atoms with E-state index in [-0.39, 0.29) is 5.84 Å². The van der Waals surface area contributed by atoms with Crippen LogP contribution >= 0.6 is 11.6 Å². The molecular formula is C9H6AsClN4O2. The van der Waals surface area contributed by atoms with Crippen molar-refractivity contribution in [1.82, 2.24) is 15.8 Å². The first-order chi connectivity index (χ1) is 8.22. The summed E-state index contributed by atoms with van der Waals surface area (Å²) in [6, 6.07) is 6.97. The van der Waals surface area contributed by atoms with E-state index in [9.17, 15) is 0 Å². The number of hydroxylamine groups is 1. The Kier molecular flexibility index (Phi) is 3.78. The summed E-state index contributed by atoms with van der Waals surface area (Å²) in [5.41, 5.74) is 2.74. The Labute approximate surface area is 110 Å². The maximum atomic E-state index is 9.03. The second-order valence-electron chi connectivity index (χ2n) is 2.96. The molecule has 1 aromatic carbocycles. The van der Waals surface area contributed by atoms with Gasteiger partial charge in [-0.1, -0.05) is 0 Å². The molecule has 0 amide bonds. The summed E-state index contributed by atoms with van der Waals surface area (Å²) < 4.78 is 4.96. The molecule has 2 radical (unpaired) electrons. The van der Waals surface area contributed by atoms with E-state index in [4.69, 9.17) is 16.8 Å². The molecule has 0 spiro atoms. The summed E-state index contributed by atoms with van der Waals surface area (Å²) in [5.74, 6) is 0.106. The summed E-state index contributed by atoms with van der Waals surface area (Å²) in [6.07, 6.45) is 0. The fourth-order valence-corrected chi connectivity index (χ4v) is 1.69. The predicted octanol–water partition coefficient (Wildman–Crippen LogP) is 0.574. The van der Waals surface area contributed by atoms with Gasteiger partial charge in [-0.25, -0.2) is 0 Å². The summed E-state index contributed by atoms with van der Waals surface area (Å²) >= 11 is 8.11. The molecular weight excluding hydrogens is 306 g/mol. The Morgan fingerprint density at radius 2 is 2.18 bits per heavy atom. The average Bonchev–Trinajstić information content (AvgIpc) is 2.75. The van der Waals surface area contributed by atoms with Gasteiger partial charge in [0.05, 0.1) is 0 Å². The molecule has 2 N–H and O–H groups in total. The van der Waals surface area contributed by atoms with Gasteiger partial charge in [0.1, 0.15) is 0 Å². The van der Waals surface area contributed by atoms with Gasteiger partial charge in [-0.05, 0) is 0 Å². The molecule has 0 bridgehead atoms. The summed E-state index contributed by atoms with van der Waals surface area (Å²) in [4.78, 5) is 4.13. The molecule has 1 aromatic heterocycles. The van der Waals surface area contributed by atoms with E-state index in [0.29, 0.717) is 20.9 Å².